The first kappa shape index (κ1) is 23.0. The fraction of sp³-hybridized carbons (Fsp3) is 0.444. The highest BCUT2D eigenvalue weighted by atomic mass is 16.2. The van der Waals surface area contributed by atoms with Gasteiger partial charge in [0.15, 0.2) is 0 Å². The number of amides is 3. The van der Waals surface area contributed by atoms with Gasteiger partial charge in [-0.25, -0.2) is 0 Å². The second kappa shape index (κ2) is 9.77. The Morgan fingerprint density at radius 1 is 0.909 bits per heavy atom. The van der Waals surface area contributed by atoms with E-state index in [4.69, 9.17) is 0 Å². The Morgan fingerprint density at radius 2 is 1.61 bits per heavy atom. The van der Waals surface area contributed by atoms with Crippen molar-refractivity contribution in [2.24, 2.45) is 5.92 Å². The number of hydrogen-bond acceptors (Lipinski definition) is 3. The highest BCUT2D eigenvalue weighted by molar-refractivity contribution is 5.94. The summed E-state index contributed by atoms with van der Waals surface area (Å²) in [5.74, 6) is -0.227. The van der Waals surface area contributed by atoms with Crippen LogP contribution in [0, 0.1) is 19.8 Å². The Morgan fingerprint density at radius 3 is 2.33 bits per heavy atom. The van der Waals surface area contributed by atoms with E-state index in [9.17, 15) is 14.4 Å². The van der Waals surface area contributed by atoms with E-state index in [0.29, 0.717) is 38.3 Å². The fourth-order valence-electron chi connectivity index (χ4n) is 4.84. The van der Waals surface area contributed by atoms with E-state index < -0.39 is 0 Å². The van der Waals surface area contributed by atoms with Crippen LogP contribution in [0.4, 0.5) is 0 Å². The van der Waals surface area contributed by atoms with Gasteiger partial charge >= 0.3 is 0 Å². The zero-order valence-corrected chi connectivity index (χ0v) is 19.8. The van der Waals surface area contributed by atoms with Gasteiger partial charge in [0.1, 0.15) is 0 Å². The summed E-state index contributed by atoms with van der Waals surface area (Å²) >= 11 is 0. The van der Waals surface area contributed by atoms with Crippen LogP contribution in [0.1, 0.15) is 52.9 Å². The SMILES string of the molecule is Cc1ccc(C(=O)N2CCCN(C(=O)C3CC(=O)N(C(C)c4ccccc4)C3)CC2)cc1C. The number of benzene rings is 2. The molecule has 2 fully saturated rings. The van der Waals surface area contributed by atoms with Crippen molar-refractivity contribution in [3.63, 3.8) is 0 Å². The topological polar surface area (TPSA) is 60.9 Å². The van der Waals surface area contributed by atoms with Gasteiger partial charge in [-0.15, -0.1) is 0 Å². The lowest BCUT2D eigenvalue weighted by Gasteiger charge is -2.27. The number of carbonyl (C=O) groups excluding carboxylic acids is 3. The third kappa shape index (κ3) is 4.95. The minimum absolute atomic E-state index is 0.0197. The largest absolute Gasteiger partial charge is 0.341 e. The summed E-state index contributed by atoms with van der Waals surface area (Å²) in [7, 11) is 0. The van der Waals surface area contributed by atoms with Crippen LogP contribution in [-0.4, -0.2) is 65.1 Å². The Balaban J connectivity index is 1.37. The molecule has 2 aromatic rings. The maximum absolute atomic E-state index is 13.3. The first-order chi connectivity index (χ1) is 15.8. The van der Waals surface area contributed by atoms with Crippen molar-refractivity contribution in [3.05, 3.63) is 70.8 Å². The summed E-state index contributed by atoms with van der Waals surface area (Å²) in [5, 5.41) is 0. The Hall–Kier alpha value is -3.15. The van der Waals surface area contributed by atoms with Gasteiger partial charge in [-0.1, -0.05) is 36.4 Å². The molecular formula is C27H33N3O3. The maximum atomic E-state index is 13.3. The molecular weight excluding hydrogens is 414 g/mol. The van der Waals surface area contributed by atoms with Crippen LogP contribution >= 0.6 is 0 Å². The second-order valence-electron chi connectivity index (χ2n) is 9.30. The average Bonchev–Trinajstić information content (AvgIpc) is 3.05. The summed E-state index contributed by atoms with van der Waals surface area (Å²) in [6.45, 7) is 8.80. The molecule has 2 unspecified atom stereocenters. The third-order valence-electron chi connectivity index (χ3n) is 7.11. The fourth-order valence-corrected chi connectivity index (χ4v) is 4.84. The van der Waals surface area contributed by atoms with Crippen LogP contribution in [0.25, 0.3) is 0 Å². The molecule has 0 N–H and O–H groups in total. The van der Waals surface area contributed by atoms with Crippen LogP contribution in [0.3, 0.4) is 0 Å². The molecule has 6 nitrogen and oxygen atoms in total. The van der Waals surface area contributed by atoms with Crippen molar-refractivity contribution in [1.82, 2.24) is 14.7 Å². The van der Waals surface area contributed by atoms with Crippen LogP contribution in [0.15, 0.2) is 48.5 Å². The van der Waals surface area contributed by atoms with E-state index in [1.54, 1.807) is 0 Å². The van der Waals surface area contributed by atoms with Crippen molar-refractivity contribution >= 4 is 17.7 Å². The number of carbonyl (C=O) groups is 3. The molecule has 0 spiro atoms. The van der Waals surface area contributed by atoms with Gasteiger partial charge in [0.2, 0.25) is 11.8 Å². The molecule has 33 heavy (non-hydrogen) atoms. The molecule has 2 heterocycles. The van der Waals surface area contributed by atoms with Gasteiger partial charge in [0.25, 0.3) is 5.91 Å². The lowest BCUT2D eigenvalue weighted by Crippen LogP contribution is -2.41. The molecule has 2 aromatic carbocycles. The van der Waals surface area contributed by atoms with E-state index in [1.165, 1.54) is 5.56 Å². The van der Waals surface area contributed by atoms with Gasteiger partial charge in [0, 0.05) is 44.7 Å². The number of nitrogens with zero attached hydrogens (tertiary/aromatic N) is 3. The molecule has 0 saturated carbocycles. The highest BCUT2D eigenvalue weighted by Crippen LogP contribution is 2.29. The number of likely N-dealkylation sites (tertiary alicyclic amines) is 1. The lowest BCUT2D eigenvalue weighted by molar-refractivity contribution is -0.135. The smallest absolute Gasteiger partial charge is 0.253 e. The van der Waals surface area contributed by atoms with E-state index in [-0.39, 0.29) is 36.1 Å². The van der Waals surface area contributed by atoms with Crippen molar-refractivity contribution in [2.75, 3.05) is 32.7 Å². The highest BCUT2D eigenvalue weighted by Gasteiger charge is 2.39. The molecule has 2 aliphatic heterocycles. The zero-order valence-electron chi connectivity index (χ0n) is 19.8. The van der Waals surface area contributed by atoms with Crippen LogP contribution in [-0.2, 0) is 9.59 Å². The first-order valence-corrected chi connectivity index (χ1v) is 11.8. The van der Waals surface area contributed by atoms with Gasteiger partial charge < -0.3 is 14.7 Å². The monoisotopic (exact) mass is 447 g/mol. The normalized spacial score (nSPS) is 20.0. The lowest BCUT2D eigenvalue weighted by atomic mass is 10.1. The van der Waals surface area contributed by atoms with Crippen molar-refractivity contribution in [2.45, 2.75) is 39.7 Å². The van der Waals surface area contributed by atoms with Gasteiger partial charge in [-0.3, -0.25) is 14.4 Å². The zero-order chi connectivity index (χ0) is 23.5. The molecule has 4 rings (SSSR count). The molecule has 0 aromatic heterocycles. The molecule has 3 amide bonds. The molecule has 2 saturated heterocycles. The number of hydrogen-bond donors (Lipinski definition) is 0. The minimum atomic E-state index is -0.314. The predicted octanol–water partition coefficient (Wildman–Crippen LogP) is 3.59. The average molecular weight is 448 g/mol. The maximum Gasteiger partial charge on any atom is 0.253 e. The van der Waals surface area contributed by atoms with Crippen molar-refractivity contribution < 1.29 is 14.4 Å². The van der Waals surface area contributed by atoms with Crippen molar-refractivity contribution in [3.8, 4) is 0 Å². The first-order valence-electron chi connectivity index (χ1n) is 11.8. The molecule has 174 valence electrons. The molecule has 0 bridgehead atoms. The summed E-state index contributed by atoms with van der Waals surface area (Å²) in [6, 6.07) is 15.7. The molecule has 2 atom stereocenters. The molecule has 0 aliphatic carbocycles. The predicted molar refractivity (Wildman–Crippen MR) is 128 cm³/mol. The van der Waals surface area contributed by atoms with E-state index in [1.807, 2.05) is 84.0 Å². The van der Waals surface area contributed by atoms with Gasteiger partial charge in [0.05, 0.1) is 12.0 Å². The van der Waals surface area contributed by atoms with E-state index in [0.717, 1.165) is 17.5 Å². The van der Waals surface area contributed by atoms with Crippen LogP contribution in [0.2, 0.25) is 0 Å². The second-order valence-corrected chi connectivity index (χ2v) is 9.30. The quantitative estimate of drug-likeness (QED) is 0.720. The molecule has 0 radical (unpaired) electrons. The Bertz CT molecular complexity index is 1040. The van der Waals surface area contributed by atoms with E-state index in [2.05, 4.69) is 0 Å². The van der Waals surface area contributed by atoms with Crippen LogP contribution in [0.5, 0.6) is 0 Å². The summed E-state index contributed by atoms with van der Waals surface area (Å²) in [5.41, 5.74) is 4.05. The van der Waals surface area contributed by atoms with Crippen molar-refractivity contribution in [1.29, 1.82) is 0 Å². The standard InChI is InChI=1S/C27H33N3O3/c1-19-10-11-23(16-20(19)2)26(32)28-12-7-13-29(15-14-28)27(33)24-17-25(31)30(18-24)21(3)22-8-5-4-6-9-22/h4-6,8-11,16,21,24H,7,12-15,17-18H2,1-3H3. The van der Waals surface area contributed by atoms with Crippen LogP contribution < -0.4 is 0 Å². The Labute approximate surface area is 196 Å². The number of rotatable bonds is 4. The van der Waals surface area contributed by atoms with E-state index >= 15 is 0 Å². The Kier molecular flexibility index (Phi) is 6.82. The number of aryl methyl sites for hydroxylation is 2. The van der Waals surface area contributed by atoms with Gasteiger partial charge in [-0.2, -0.15) is 0 Å². The summed E-state index contributed by atoms with van der Waals surface area (Å²) in [4.78, 5) is 44.5. The molecule has 2 aliphatic rings. The summed E-state index contributed by atoms with van der Waals surface area (Å²) < 4.78 is 0. The minimum Gasteiger partial charge on any atom is -0.341 e. The van der Waals surface area contributed by atoms with Gasteiger partial charge in [-0.05, 0) is 56.0 Å². The summed E-state index contributed by atoms with van der Waals surface area (Å²) in [6.07, 6.45) is 1.00. The third-order valence-corrected chi connectivity index (χ3v) is 7.11. The molecule has 6 heteroatoms.